The van der Waals surface area contributed by atoms with Crippen molar-refractivity contribution in [2.75, 3.05) is 39.6 Å². The number of rotatable bonds is 72. The van der Waals surface area contributed by atoms with Crippen LogP contribution in [0.1, 0.15) is 363 Å². The lowest BCUT2D eigenvalue weighted by molar-refractivity contribution is -0.161. The Kier molecular flexibility index (Phi) is 64.7. The molecule has 5 atom stereocenters. The molecule has 2 unspecified atom stereocenters. The van der Waals surface area contributed by atoms with Gasteiger partial charge in [0.15, 0.2) is 12.2 Å². The average Bonchev–Trinajstić information content (AvgIpc) is 1.56. The molecule has 0 fully saturated rings. The van der Waals surface area contributed by atoms with Crippen LogP contribution >= 0.6 is 15.6 Å². The summed E-state index contributed by atoms with van der Waals surface area (Å²) < 4.78 is 68.4. The minimum absolute atomic E-state index is 0.101. The van der Waals surface area contributed by atoms with Gasteiger partial charge >= 0.3 is 39.5 Å². The van der Waals surface area contributed by atoms with Gasteiger partial charge in [-0.15, -0.1) is 0 Å². The van der Waals surface area contributed by atoms with Crippen LogP contribution in [-0.4, -0.2) is 96.7 Å². The summed E-state index contributed by atoms with van der Waals surface area (Å²) in [4.78, 5) is 72.7. The Hall–Kier alpha value is -2.46. The molecular formula is C75H142O17P2. The smallest absolute Gasteiger partial charge is 0.462 e. The van der Waals surface area contributed by atoms with Crippen LogP contribution in [0.25, 0.3) is 0 Å². The summed E-state index contributed by atoms with van der Waals surface area (Å²) in [6.45, 7) is 9.47. The fourth-order valence-electron chi connectivity index (χ4n) is 10.9. The number of unbranched alkanes of at least 4 members (excludes halogenated alkanes) is 39. The number of ether oxygens (including phenoxy) is 4. The molecule has 3 N–H and O–H groups in total. The van der Waals surface area contributed by atoms with Crippen molar-refractivity contribution in [1.29, 1.82) is 0 Å². The van der Waals surface area contributed by atoms with E-state index in [1.54, 1.807) is 0 Å². The van der Waals surface area contributed by atoms with Gasteiger partial charge in [0, 0.05) is 25.7 Å². The zero-order chi connectivity index (χ0) is 69.3. The molecule has 0 aliphatic carbocycles. The molecule has 0 saturated heterocycles. The summed E-state index contributed by atoms with van der Waals surface area (Å²) in [6.07, 6.45) is 56.4. The van der Waals surface area contributed by atoms with Crippen molar-refractivity contribution in [3.63, 3.8) is 0 Å². The topological polar surface area (TPSA) is 237 Å². The maximum atomic E-state index is 13.1. The van der Waals surface area contributed by atoms with Gasteiger partial charge in [0.25, 0.3) is 0 Å². The molecule has 0 aromatic heterocycles. The molecule has 19 heteroatoms. The van der Waals surface area contributed by atoms with Crippen molar-refractivity contribution < 1.29 is 80.2 Å². The minimum atomic E-state index is -4.96. The first-order chi connectivity index (χ1) is 45.4. The van der Waals surface area contributed by atoms with Crippen molar-refractivity contribution in [1.82, 2.24) is 0 Å². The molecule has 94 heavy (non-hydrogen) atoms. The zero-order valence-electron chi connectivity index (χ0n) is 60.7. The number of phosphoric acid groups is 2. The highest BCUT2D eigenvalue weighted by molar-refractivity contribution is 7.47. The SMILES string of the molecule is CCCCCC/C=C\C=C/CCCCCCCC(=O)OC[C@H](COP(=O)(O)OC[C@@H](O)COP(=O)(O)OC[C@@H](COC(=O)CCCCCCCCCCCC)OC(=O)CCCCCCCCCC(C)C)OC(=O)CCCCCCCCCCCCCCCCCCC(C)C. The van der Waals surface area contributed by atoms with E-state index in [1.165, 1.54) is 161 Å². The highest BCUT2D eigenvalue weighted by Crippen LogP contribution is 2.45. The Morgan fingerprint density at radius 3 is 0.872 bits per heavy atom. The number of aliphatic hydroxyl groups excluding tert-OH is 1. The summed E-state index contributed by atoms with van der Waals surface area (Å²) in [5.74, 6) is -0.649. The van der Waals surface area contributed by atoms with Gasteiger partial charge in [0.2, 0.25) is 0 Å². The molecule has 0 amide bonds. The number of esters is 4. The number of phosphoric ester groups is 2. The number of carbonyl (C=O) groups is 4. The van der Waals surface area contributed by atoms with Gasteiger partial charge in [-0.25, -0.2) is 9.13 Å². The largest absolute Gasteiger partial charge is 0.472 e. The zero-order valence-corrected chi connectivity index (χ0v) is 62.5. The molecule has 0 radical (unpaired) electrons. The van der Waals surface area contributed by atoms with E-state index >= 15 is 0 Å². The predicted molar refractivity (Wildman–Crippen MR) is 381 cm³/mol. The molecule has 0 rings (SSSR count). The van der Waals surface area contributed by atoms with E-state index in [-0.39, 0.29) is 25.7 Å². The van der Waals surface area contributed by atoms with Gasteiger partial charge < -0.3 is 33.8 Å². The summed E-state index contributed by atoms with van der Waals surface area (Å²) in [5, 5.41) is 10.6. The molecule has 554 valence electrons. The maximum absolute atomic E-state index is 13.1. The van der Waals surface area contributed by atoms with E-state index in [9.17, 15) is 43.2 Å². The first kappa shape index (κ1) is 91.5. The van der Waals surface area contributed by atoms with Crippen LogP contribution in [0.3, 0.4) is 0 Å². The van der Waals surface area contributed by atoms with E-state index in [1.807, 2.05) is 0 Å². The van der Waals surface area contributed by atoms with E-state index in [2.05, 4.69) is 65.8 Å². The third-order valence-electron chi connectivity index (χ3n) is 16.8. The minimum Gasteiger partial charge on any atom is -0.462 e. The third kappa shape index (κ3) is 68.1. The molecule has 0 aromatic carbocycles. The highest BCUT2D eigenvalue weighted by atomic mass is 31.2. The van der Waals surface area contributed by atoms with Crippen molar-refractivity contribution in [2.24, 2.45) is 11.8 Å². The number of carbonyl (C=O) groups excluding carboxylic acids is 4. The number of hydrogen-bond donors (Lipinski definition) is 3. The second-order valence-corrected chi connectivity index (χ2v) is 30.2. The summed E-state index contributed by atoms with van der Waals surface area (Å²) in [5.41, 5.74) is 0. The van der Waals surface area contributed by atoms with Crippen molar-refractivity contribution in [2.45, 2.75) is 381 Å². The predicted octanol–water partition coefficient (Wildman–Crippen LogP) is 21.5. The van der Waals surface area contributed by atoms with Gasteiger partial charge in [-0.2, -0.15) is 0 Å². The van der Waals surface area contributed by atoms with E-state index < -0.39 is 97.5 Å². The number of hydrogen-bond acceptors (Lipinski definition) is 15. The Labute approximate surface area is 573 Å². The van der Waals surface area contributed by atoms with E-state index in [0.29, 0.717) is 31.6 Å². The number of allylic oxidation sites excluding steroid dienone is 4. The highest BCUT2D eigenvalue weighted by Gasteiger charge is 2.30. The first-order valence-corrected chi connectivity index (χ1v) is 41.3. The lowest BCUT2D eigenvalue weighted by atomic mass is 10.0. The normalized spacial score (nSPS) is 14.2. The fourth-order valence-corrected chi connectivity index (χ4v) is 12.5. The second-order valence-electron chi connectivity index (χ2n) is 27.3. The Morgan fingerprint density at radius 1 is 0.330 bits per heavy atom. The van der Waals surface area contributed by atoms with Crippen LogP contribution in [0.15, 0.2) is 24.3 Å². The third-order valence-corrected chi connectivity index (χ3v) is 18.7. The Balaban J connectivity index is 5.25. The summed E-state index contributed by atoms with van der Waals surface area (Å²) in [6, 6.07) is 0. The molecular weight excluding hydrogens is 1230 g/mol. The molecule has 0 aromatic rings. The fraction of sp³-hybridized carbons (Fsp3) is 0.893. The summed E-state index contributed by atoms with van der Waals surface area (Å²) >= 11 is 0. The quantitative estimate of drug-likeness (QED) is 0.0169. The lowest BCUT2D eigenvalue weighted by Gasteiger charge is -2.21. The lowest BCUT2D eigenvalue weighted by Crippen LogP contribution is -2.30. The van der Waals surface area contributed by atoms with Gasteiger partial charge in [0.05, 0.1) is 26.4 Å². The van der Waals surface area contributed by atoms with E-state index in [4.69, 9.17) is 37.0 Å². The van der Waals surface area contributed by atoms with Gasteiger partial charge in [0.1, 0.15) is 19.3 Å². The van der Waals surface area contributed by atoms with Crippen LogP contribution in [0.2, 0.25) is 0 Å². The van der Waals surface area contributed by atoms with Crippen molar-refractivity contribution >= 4 is 39.5 Å². The maximum Gasteiger partial charge on any atom is 0.472 e. The molecule has 0 spiro atoms. The van der Waals surface area contributed by atoms with E-state index in [0.717, 1.165) is 115 Å². The average molecular weight is 1380 g/mol. The van der Waals surface area contributed by atoms with Crippen LogP contribution in [0, 0.1) is 11.8 Å². The monoisotopic (exact) mass is 1380 g/mol. The Bertz CT molecular complexity index is 1910. The molecule has 17 nitrogen and oxygen atoms in total. The molecule has 0 bridgehead atoms. The van der Waals surface area contributed by atoms with Crippen LogP contribution in [-0.2, 0) is 65.4 Å². The Morgan fingerprint density at radius 2 is 0.574 bits per heavy atom. The van der Waals surface area contributed by atoms with Gasteiger partial charge in [-0.05, 0) is 63.2 Å². The van der Waals surface area contributed by atoms with Crippen molar-refractivity contribution in [3.05, 3.63) is 24.3 Å². The molecule has 0 heterocycles. The van der Waals surface area contributed by atoms with Crippen molar-refractivity contribution in [3.8, 4) is 0 Å². The molecule has 0 aliphatic heterocycles. The van der Waals surface area contributed by atoms with Crippen LogP contribution < -0.4 is 0 Å². The first-order valence-electron chi connectivity index (χ1n) is 38.3. The van der Waals surface area contributed by atoms with Crippen LogP contribution in [0.5, 0.6) is 0 Å². The number of aliphatic hydroxyl groups is 1. The van der Waals surface area contributed by atoms with Gasteiger partial charge in [-0.3, -0.25) is 37.3 Å². The van der Waals surface area contributed by atoms with Crippen LogP contribution in [0.4, 0.5) is 0 Å². The second kappa shape index (κ2) is 66.4. The molecule has 0 aliphatic rings. The molecule has 0 saturated carbocycles. The standard InChI is InChI=1S/C75H142O17P2/c1-7-9-11-13-15-17-19-20-23-27-30-34-40-46-52-58-73(78)86-63-70(91-74(79)59-53-47-41-35-31-28-25-22-21-24-26-29-32-37-43-49-55-67(3)4)65-89-93(81,82)87-61-69(76)62-88-94(83,84)90-66-71(92-75(80)60-54-48-42-36-38-44-50-56-68(5)6)64-85-72(77)57-51-45-39-33-18-16-14-12-10-8-2/h17,19-20,23,67-71,76H,7-16,18,21-22,24-66H2,1-6H3,(H,81,82)(H,83,84)/b19-17-,23-20-/t69-,70-,71-/m1/s1. The summed E-state index contributed by atoms with van der Waals surface area (Å²) in [7, 11) is -9.92. The van der Waals surface area contributed by atoms with Gasteiger partial charge in [-0.1, -0.05) is 310 Å².